The molecule has 0 saturated carbocycles. The Morgan fingerprint density at radius 1 is 1.07 bits per heavy atom. The SMILES string of the molecule is C/C=C(\C=C/N)Cc1ccc(N)cc1.CC(C)c1cc(CN)c(O)cc1O. The van der Waals surface area contributed by atoms with Crippen LogP contribution >= 0.6 is 0 Å². The van der Waals surface area contributed by atoms with Gasteiger partial charge in [-0.15, -0.1) is 0 Å². The van der Waals surface area contributed by atoms with Crippen molar-refractivity contribution >= 4 is 5.69 Å². The van der Waals surface area contributed by atoms with Gasteiger partial charge in [0, 0.05) is 23.9 Å². The number of anilines is 1. The Balaban J connectivity index is 0.000000271. The predicted molar refractivity (Wildman–Crippen MR) is 113 cm³/mol. The van der Waals surface area contributed by atoms with Crippen LogP contribution in [0.15, 0.2) is 60.3 Å². The number of nitrogen functional groups attached to an aromatic ring is 1. The van der Waals surface area contributed by atoms with Gasteiger partial charge in [-0.3, -0.25) is 0 Å². The van der Waals surface area contributed by atoms with E-state index in [2.05, 4.69) is 6.08 Å². The van der Waals surface area contributed by atoms with E-state index in [1.807, 2.05) is 51.1 Å². The van der Waals surface area contributed by atoms with Gasteiger partial charge in [0.05, 0.1) is 0 Å². The second-order valence-electron chi connectivity index (χ2n) is 6.54. The molecule has 0 aromatic heterocycles. The van der Waals surface area contributed by atoms with Crippen molar-refractivity contribution in [2.75, 3.05) is 5.73 Å². The highest BCUT2D eigenvalue weighted by molar-refractivity contribution is 5.46. The van der Waals surface area contributed by atoms with E-state index >= 15 is 0 Å². The molecule has 146 valence electrons. The lowest BCUT2D eigenvalue weighted by Gasteiger charge is -2.11. The topological polar surface area (TPSA) is 119 Å². The summed E-state index contributed by atoms with van der Waals surface area (Å²) in [4.78, 5) is 0. The molecule has 0 aliphatic rings. The fourth-order valence-corrected chi connectivity index (χ4v) is 2.52. The number of rotatable bonds is 5. The normalized spacial score (nSPS) is 11.5. The predicted octanol–water partition coefficient (Wildman–Crippen LogP) is 3.91. The van der Waals surface area contributed by atoms with E-state index in [0.29, 0.717) is 5.56 Å². The number of benzene rings is 2. The van der Waals surface area contributed by atoms with Gasteiger partial charge in [0.2, 0.25) is 0 Å². The highest BCUT2D eigenvalue weighted by Gasteiger charge is 2.10. The van der Waals surface area contributed by atoms with Crippen LogP contribution in [0.4, 0.5) is 5.69 Å². The summed E-state index contributed by atoms with van der Waals surface area (Å²) >= 11 is 0. The maximum Gasteiger partial charge on any atom is 0.123 e. The average molecular weight is 370 g/mol. The molecule has 2 aromatic carbocycles. The molecule has 0 amide bonds. The number of hydrogen-bond donors (Lipinski definition) is 5. The van der Waals surface area contributed by atoms with Crippen molar-refractivity contribution in [1.29, 1.82) is 0 Å². The molecule has 2 aromatic rings. The number of hydrogen-bond acceptors (Lipinski definition) is 5. The summed E-state index contributed by atoms with van der Waals surface area (Å²) in [5, 5.41) is 18.8. The van der Waals surface area contributed by atoms with Gasteiger partial charge in [0.1, 0.15) is 11.5 Å². The van der Waals surface area contributed by atoms with Crippen molar-refractivity contribution < 1.29 is 10.2 Å². The Labute approximate surface area is 161 Å². The second kappa shape index (κ2) is 10.9. The lowest BCUT2D eigenvalue weighted by atomic mass is 9.99. The molecule has 0 spiro atoms. The monoisotopic (exact) mass is 369 g/mol. The van der Waals surface area contributed by atoms with Crippen LogP contribution in [-0.4, -0.2) is 10.2 Å². The zero-order valence-electron chi connectivity index (χ0n) is 16.3. The minimum Gasteiger partial charge on any atom is -0.508 e. The summed E-state index contributed by atoms with van der Waals surface area (Å²) in [6.45, 7) is 6.25. The van der Waals surface area contributed by atoms with Crippen molar-refractivity contribution in [2.45, 2.75) is 39.7 Å². The number of phenols is 2. The lowest BCUT2D eigenvalue weighted by molar-refractivity contribution is 0.440. The summed E-state index contributed by atoms with van der Waals surface area (Å²) in [5.41, 5.74) is 21.1. The molecule has 5 heteroatoms. The van der Waals surface area contributed by atoms with Crippen molar-refractivity contribution in [1.82, 2.24) is 0 Å². The van der Waals surface area contributed by atoms with Gasteiger partial charge in [-0.2, -0.15) is 0 Å². The number of nitrogens with two attached hydrogens (primary N) is 3. The molecule has 0 aliphatic heterocycles. The molecule has 0 fully saturated rings. The molecule has 0 aliphatic carbocycles. The van der Waals surface area contributed by atoms with Crippen LogP contribution in [-0.2, 0) is 13.0 Å². The molecule has 27 heavy (non-hydrogen) atoms. The third-order valence-electron chi connectivity index (χ3n) is 4.14. The van der Waals surface area contributed by atoms with Gasteiger partial charge in [0.15, 0.2) is 0 Å². The maximum atomic E-state index is 9.48. The van der Waals surface area contributed by atoms with Gasteiger partial charge in [-0.05, 0) is 66.4 Å². The second-order valence-corrected chi connectivity index (χ2v) is 6.54. The molecular weight excluding hydrogens is 338 g/mol. The van der Waals surface area contributed by atoms with E-state index in [-0.39, 0.29) is 24.0 Å². The maximum absolute atomic E-state index is 9.48. The average Bonchev–Trinajstić information content (AvgIpc) is 2.63. The Hall–Kier alpha value is -2.92. The molecular formula is C22H31N3O2. The van der Waals surface area contributed by atoms with Crippen molar-refractivity contribution in [2.24, 2.45) is 11.5 Å². The minimum atomic E-state index is 0.0596. The van der Waals surface area contributed by atoms with E-state index in [4.69, 9.17) is 17.2 Å². The fraction of sp³-hybridized carbons (Fsp3) is 0.273. The first-order chi connectivity index (χ1) is 12.8. The van der Waals surface area contributed by atoms with Crippen LogP contribution in [0.3, 0.4) is 0 Å². The van der Waals surface area contributed by atoms with Crippen molar-refractivity contribution in [3.63, 3.8) is 0 Å². The first-order valence-corrected chi connectivity index (χ1v) is 8.95. The molecule has 0 bridgehead atoms. The van der Waals surface area contributed by atoms with Gasteiger partial charge in [-0.1, -0.05) is 32.1 Å². The number of phenolic OH excluding ortho intramolecular Hbond substituents is 2. The van der Waals surface area contributed by atoms with Gasteiger partial charge in [-0.25, -0.2) is 0 Å². The highest BCUT2D eigenvalue weighted by atomic mass is 16.3. The zero-order valence-corrected chi connectivity index (χ0v) is 16.3. The van der Waals surface area contributed by atoms with Crippen LogP contribution in [0.5, 0.6) is 11.5 Å². The quantitative estimate of drug-likeness (QED) is 0.404. The summed E-state index contributed by atoms with van der Waals surface area (Å²) in [7, 11) is 0. The number of aromatic hydroxyl groups is 2. The molecule has 0 radical (unpaired) electrons. The summed E-state index contributed by atoms with van der Waals surface area (Å²) in [6.07, 6.45) is 6.42. The Bertz CT molecular complexity index is 779. The van der Waals surface area contributed by atoms with Gasteiger partial charge in [0.25, 0.3) is 0 Å². The molecule has 2 rings (SSSR count). The Morgan fingerprint density at radius 3 is 2.19 bits per heavy atom. The van der Waals surface area contributed by atoms with E-state index in [1.165, 1.54) is 17.2 Å². The third kappa shape index (κ3) is 7.07. The molecule has 0 unspecified atom stereocenters. The number of allylic oxidation sites excluding steroid dienone is 3. The van der Waals surface area contributed by atoms with Crippen LogP contribution < -0.4 is 17.2 Å². The van der Waals surface area contributed by atoms with Crippen molar-refractivity contribution in [3.8, 4) is 11.5 Å². The molecule has 0 atom stereocenters. The summed E-state index contributed by atoms with van der Waals surface area (Å²) in [5.74, 6) is 0.417. The van der Waals surface area contributed by atoms with Crippen molar-refractivity contribution in [3.05, 3.63) is 77.0 Å². The summed E-state index contributed by atoms with van der Waals surface area (Å²) < 4.78 is 0. The third-order valence-corrected chi connectivity index (χ3v) is 4.14. The molecule has 5 nitrogen and oxygen atoms in total. The van der Waals surface area contributed by atoms with Crippen LogP contribution in [0, 0.1) is 0 Å². The molecule has 0 saturated heterocycles. The van der Waals surface area contributed by atoms with Crippen LogP contribution in [0.25, 0.3) is 0 Å². The highest BCUT2D eigenvalue weighted by Crippen LogP contribution is 2.31. The molecule has 8 N–H and O–H groups in total. The van der Waals surface area contributed by atoms with Crippen LogP contribution in [0.1, 0.15) is 43.4 Å². The van der Waals surface area contributed by atoms with Crippen LogP contribution in [0.2, 0.25) is 0 Å². The largest absolute Gasteiger partial charge is 0.508 e. The van der Waals surface area contributed by atoms with Gasteiger partial charge >= 0.3 is 0 Å². The van der Waals surface area contributed by atoms with E-state index < -0.39 is 0 Å². The van der Waals surface area contributed by atoms with E-state index in [0.717, 1.165) is 17.7 Å². The Kier molecular flexibility index (Phi) is 8.96. The first-order valence-electron chi connectivity index (χ1n) is 8.95. The van der Waals surface area contributed by atoms with E-state index in [9.17, 15) is 10.2 Å². The fourth-order valence-electron chi connectivity index (χ4n) is 2.52. The lowest BCUT2D eigenvalue weighted by Crippen LogP contribution is -1.99. The molecule has 0 heterocycles. The minimum absolute atomic E-state index is 0.0596. The standard InChI is InChI=1S/C12H16N2.C10H15NO2/c1-2-10(7-8-13)9-11-3-5-12(14)6-4-11;1-6(2)8-3-7(5-11)9(12)4-10(8)13/h2-8H,9,13-14H2,1H3;3-4,6,12-13H,5,11H2,1-2H3/b8-7-,10-2+;. The first kappa shape index (κ1) is 22.1. The zero-order chi connectivity index (χ0) is 20.4. The van der Waals surface area contributed by atoms with Gasteiger partial charge < -0.3 is 27.4 Å². The summed E-state index contributed by atoms with van der Waals surface area (Å²) in [6, 6.07) is 11.0. The smallest absolute Gasteiger partial charge is 0.123 e. The van der Waals surface area contributed by atoms with E-state index in [1.54, 1.807) is 12.3 Å². The Morgan fingerprint density at radius 2 is 1.70 bits per heavy atom.